The van der Waals surface area contributed by atoms with Crippen molar-refractivity contribution in [2.75, 3.05) is 0 Å². The maximum Gasteiger partial charge on any atom is 0.150 e. The number of hydrogen-bond acceptors (Lipinski definition) is 3. The lowest BCUT2D eigenvalue weighted by Crippen LogP contribution is -2.29. The molecule has 1 atom stereocenters. The summed E-state index contributed by atoms with van der Waals surface area (Å²) in [5, 5.41) is 7.90. The minimum Gasteiger partial charge on any atom is -0.321 e. The number of aromatic nitrogens is 3. The molecule has 0 bridgehead atoms. The van der Waals surface area contributed by atoms with Gasteiger partial charge in [-0.1, -0.05) is 20.8 Å². The minimum atomic E-state index is -0.0602. The van der Waals surface area contributed by atoms with Crippen molar-refractivity contribution in [2.24, 2.45) is 11.1 Å². The molecule has 0 saturated heterocycles. The van der Waals surface area contributed by atoms with Crippen molar-refractivity contribution in [1.29, 1.82) is 0 Å². The van der Waals surface area contributed by atoms with E-state index in [1.165, 1.54) is 0 Å². The Morgan fingerprint density at radius 3 is 2.62 bits per heavy atom. The van der Waals surface area contributed by atoms with Crippen molar-refractivity contribution in [3.05, 3.63) is 12.2 Å². The average molecular weight is 182 g/mol. The molecule has 0 aliphatic heterocycles. The molecule has 0 amide bonds. The van der Waals surface area contributed by atoms with Crippen LogP contribution < -0.4 is 5.73 Å². The summed E-state index contributed by atoms with van der Waals surface area (Å²) in [6, 6.07) is -0.0602. The topological polar surface area (TPSA) is 56.7 Å². The fraction of sp³-hybridized carbons (Fsp3) is 0.778. The van der Waals surface area contributed by atoms with E-state index in [9.17, 15) is 0 Å². The van der Waals surface area contributed by atoms with Crippen LogP contribution in [0.25, 0.3) is 0 Å². The first kappa shape index (κ1) is 10.2. The van der Waals surface area contributed by atoms with E-state index in [1.54, 1.807) is 6.33 Å². The minimum absolute atomic E-state index is 0.0277. The second kappa shape index (κ2) is 3.46. The van der Waals surface area contributed by atoms with Crippen LogP contribution in [-0.2, 0) is 6.54 Å². The van der Waals surface area contributed by atoms with Gasteiger partial charge in [-0.15, -0.1) is 10.2 Å². The summed E-state index contributed by atoms with van der Waals surface area (Å²) in [7, 11) is 0. The van der Waals surface area contributed by atoms with Gasteiger partial charge in [0.25, 0.3) is 0 Å². The Morgan fingerprint density at radius 1 is 1.54 bits per heavy atom. The van der Waals surface area contributed by atoms with Crippen molar-refractivity contribution in [3.63, 3.8) is 0 Å². The third-order valence-corrected chi connectivity index (χ3v) is 2.20. The van der Waals surface area contributed by atoms with Gasteiger partial charge in [0.1, 0.15) is 12.2 Å². The highest BCUT2D eigenvalue weighted by Gasteiger charge is 2.26. The van der Waals surface area contributed by atoms with Crippen molar-refractivity contribution >= 4 is 0 Å². The number of rotatable bonds is 2. The van der Waals surface area contributed by atoms with Crippen LogP contribution >= 0.6 is 0 Å². The third kappa shape index (κ3) is 2.06. The van der Waals surface area contributed by atoms with Gasteiger partial charge in [-0.25, -0.2) is 0 Å². The Kier molecular flexibility index (Phi) is 2.71. The molecule has 0 radical (unpaired) electrons. The molecule has 1 heterocycles. The summed E-state index contributed by atoms with van der Waals surface area (Å²) < 4.78 is 1.98. The highest BCUT2D eigenvalue weighted by Crippen LogP contribution is 2.28. The van der Waals surface area contributed by atoms with Crippen molar-refractivity contribution < 1.29 is 0 Å². The average Bonchev–Trinajstić information content (AvgIpc) is 2.48. The van der Waals surface area contributed by atoms with Crippen molar-refractivity contribution in [1.82, 2.24) is 14.8 Å². The van der Waals surface area contributed by atoms with Crippen LogP contribution in [-0.4, -0.2) is 14.8 Å². The monoisotopic (exact) mass is 182 g/mol. The van der Waals surface area contributed by atoms with E-state index in [-0.39, 0.29) is 11.5 Å². The van der Waals surface area contributed by atoms with Gasteiger partial charge in [-0.2, -0.15) is 0 Å². The zero-order valence-electron chi connectivity index (χ0n) is 8.78. The molecule has 13 heavy (non-hydrogen) atoms. The molecule has 74 valence electrons. The van der Waals surface area contributed by atoms with Gasteiger partial charge in [0.15, 0.2) is 0 Å². The molecule has 0 fully saturated rings. The second-order valence-electron chi connectivity index (χ2n) is 4.32. The van der Waals surface area contributed by atoms with Crippen LogP contribution in [0.4, 0.5) is 0 Å². The summed E-state index contributed by atoms with van der Waals surface area (Å²) in [5.41, 5.74) is 6.10. The summed E-state index contributed by atoms with van der Waals surface area (Å²) in [5.74, 6) is 0.870. The predicted octanol–water partition coefficient (Wildman–Crippen LogP) is 1.34. The van der Waals surface area contributed by atoms with E-state index in [0.717, 1.165) is 12.4 Å². The molecule has 1 rings (SSSR count). The maximum absolute atomic E-state index is 6.07. The Labute approximate surface area is 79.2 Å². The van der Waals surface area contributed by atoms with Crippen LogP contribution in [0, 0.1) is 5.41 Å². The smallest absolute Gasteiger partial charge is 0.150 e. The number of hydrogen-bond donors (Lipinski definition) is 1. The molecule has 1 aromatic heterocycles. The van der Waals surface area contributed by atoms with Gasteiger partial charge in [-0.3, -0.25) is 0 Å². The maximum atomic E-state index is 6.07. The summed E-state index contributed by atoms with van der Waals surface area (Å²) in [6.45, 7) is 9.24. The Balaban J connectivity index is 2.94. The standard InChI is InChI=1S/C9H18N4/c1-5-13-6-11-12-8(13)7(10)9(2,3)4/h6-7H,5,10H2,1-4H3. The van der Waals surface area contributed by atoms with Gasteiger partial charge in [-0.05, 0) is 12.3 Å². The highest BCUT2D eigenvalue weighted by molar-refractivity contribution is 4.98. The molecule has 1 unspecified atom stereocenters. The first-order chi connectivity index (χ1) is 5.96. The number of nitrogens with two attached hydrogens (primary N) is 1. The zero-order valence-corrected chi connectivity index (χ0v) is 8.78. The molecular weight excluding hydrogens is 164 g/mol. The normalized spacial score (nSPS) is 14.5. The lowest BCUT2D eigenvalue weighted by Gasteiger charge is -2.26. The van der Waals surface area contributed by atoms with Gasteiger partial charge in [0.2, 0.25) is 0 Å². The van der Waals surface area contributed by atoms with Crippen LogP contribution in [0.5, 0.6) is 0 Å². The van der Waals surface area contributed by atoms with Crippen LogP contribution in [0.1, 0.15) is 39.6 Å². The molecule has 0 aliphatic carbocycles. The molecule has 0 aromatic carbocycles. The lowest BCUT2D eigenvalue weighted by molar-refractivity contribution is 0.307. The largest absolute Gasteiger partial charge is 0.321 e. The molecule has 1 aromatic rings. The van der Waals surface area contributed by atoms with Crippen LogP contribution in [0.2, 0.25) is 0 Å². The Hall–Kier alpha value is -0.900. The van der Waals surface area contributed by atoms with Crippen LogP contribution in [0.15, 0.2) is 6.33 Å². The molecular formula is C9H18N4. The van der Waals surface area contributed by atoms with E-state index in [4.69, 9.17) is 5.73 Å². The SMILES string of the molecule is CCn1cnnc1C(N)C(C)(C)C. The molecule has 0 saturated carbocycles. The second-order valence-corrected chi connectivity index (χ2v) is 4.32. The summed E-state index contributed by atoms with van der Waals surface area (Å²) in [6.07, 6.45) is 1.72. The predicted molar refractivity (Wildman–Crippen MR) is 52.1 cm³/mol. The van der Waals surface area contributed by atoms with E-state index >= 15 is 0 Å². The molecule has 4 heteroatoms. The Bertz CT molecular complexity index is 271. The lowest BCUT2D eigenvalue weighted by atomic mass is 9.87. The van der Waals surface area contributed by atoms with Crippen molar-refractivity contribution in [2.45, 2.75) is 40.3 Å². The van der Waals surface area contributed by atoms with E-state index in [0.29, 0.717) is 0 Å². The van der Waals surface area contributed by atoms with Gasteiger partial charge < -0.3 is 10.3 Å². The van der Waals surface area contributed by atoms with Gasteiger partial charge in [0.05, 0.1) is 6.04 Å². The zero-order chi connectivity index (χ0) is 10.1. The fourth-order valence-corrected chi connectivity index (χ4v) is 1.14. The highest BCUT2D eigenvalue weighted by atomic mass is 15.3. The summed E-state index contributed by atoms with van der Waals surface area (Å²) in [4.78, 5) is 0. The van der Waals surface area contributed by atoms with E-state index in [1.807, 2.05) is 4.57 Å². The number of aryl methyl sites for hydroxylation is 1. The van der Waals surface area contributed by atoms with Gasteiger partial charge >= 0.3 is 0 Å². The third-order valence-electron chi connectivity index (χ3n) is 2.20. The van der Waals surface area contributed by atoms with Gasteiger partial charge in [0, 0.05) is 6.54 Å². The molecule has 0 aliphatic rings. The summed E-state index contributed by atoms with van der Waals surface area (Å²) >= 11 is 0. The first-order valence-electron chi connectivity index (χ1n) is 4.60. The van der Waals surface area contributed by atoms with E-state index in [2.05, 4.69) is 37.9 Å². The molecule has 0 spiro atoms. The van der Waals surface area contributed by atoms with Crippen LogP contribution in [0.3, 0.4) is 0 Å². The fourth-order valence-electron chi connectivity index (χ4n) is 1.14. The number of nitrogens with zero attached hydrogens (tertiary/aromatic N) is 3. The van der Waals surface area contributed by atoms with Crippen molar-refractivity contribution in [3.8, 4) is 0 Å². The Morgan fingerprint density at radius 2 is 2.15 bits per heavy atom. The quantitative estimate of drug-likeness (QED) is 0.751. The molecule has 2 N–H and O–H groups in total. The molecule has 4 nitrogen and oxygen atoms in total. The van der Waals surface area contributed by atoms with E-state index < -0.39 is 0 Å². The first-order valence-corrected chi connectivity index (χ1v) is 4.60.